The van der Waals surface area contributed by atoms with Gasteiger partial charge in [0.25, 0.3) is 0 Å². The van der Waals surface area contributed by atoms with E-state index in [1.807, 2.05) is 0 Å². The van der Waals surface area contributed by atoms with Crippen molar-refractivity contribution in [2.24, 2.45) is 0 Å². The molecule has 2 atom stereocenters. The van der Waals surface area contributed by atoms with Gasteiger partial charge < -0.3 is 14.8 Å². The number of carbonyl (C=O) groups is 1. The van der Waals surface area contributed by atoms with Crippen molar-refractivity contribution in [3.63, 3.8) is 0 Å². The fraction of sp³-hybridized carbons (Fsp3) is 0.909. The van der Waals surface area contributed by atoms with Gasteiger partial charge in [-0.3, -0.25) is 4.79 Å². The Kier molecular flexibility index (Phi) is 5.65. The van der Waals surface area contributed by atoms with Crippen LogP contribution in [0.2, 0.25) is 0 Å². The third kappa shape index (κ3) is 4.18. The first-order valence-electron chi connectivity index (χ1n) is 5.61. The van der Waals surface area contributed by atoms with Gasteiger partial charge >= 0.3 is 5.97 Å². The molecule has 1 rings (SSSR count). The van der Waals surface area contributed by atoms with E-state index in [0.717, 1.165) is 12.8 Å². The second-order valence-corrected chi connectivity index (χ2v) is 3.95. The maximum Gasteiger partial charge on any atom is 0.306 e. The van der Waals surface area contributed by atoms with Gasteiger partial charge in [0, 0.05) is 19.7 Å². The van der Waals surface area contributed by atoms with Crippen molar-refractivity contribution in [2.75, 3.05) is 20.8 Å². The highest BCUT2D eigenvalue weighted by molar-refractivity contribution is 5.69. The van der Waals surface area contributed by atoms with E-state index in [-0.39, 0.29) is 5.97 Å². The summed E-state index contributed by atoms with van der Waals surface area (Å²) in [6.45, 7) is 0.678. The van der Waals surface area contributed by atoms with Gasteiger partial charge in [-0.2, -0.15) is 0 Å². The summed E-state index contributed by atoms with van der Waals surface area (Å²) < 4.78 is 9.99. The predicted molar refractivity (Wildman–Crippen MR) is 57.7 cm³/mol. The molecule has 0 spiro atoms. The maximum atomic E-state index is 10.9. The molecule has 0 radical (unpaired) electrons. The third-order valence-corrected chi connectivity index (χ3v) is 2.97. The van der Waals surface area contributed by atoms with Crippen molar-refractivity contribution in [3.05, 3.63) is 0 Å². The van der Waals surface area contributed by atoms with Gasteiger partial charge in [0.2, 0.25) is 0 Å². The Labute approximate surface area is 91.3 Å². The van der Waals surface area contributed by atoms with Crippen molar-refractivity contribution < 1.29 is 14.3 Å². The number of nitrogens with one attached hydrogen (secondary N) is 1. The highest BCUT2D eigenvalue weighted by Crippen LogP contribution is 2.20. The topological polar surface area (TPSA) is 47.6 Å². The molecule has 15 heavy (non-hydrogen) atoms. The first-order valence-corrected chi connectivity index (χ1v) is 5.61. The molecule has 1 fully saturated rings. The first-order chi connectivity index (χ1) is 7.27. The largest absolute Gasteiger partial charge is 0.469 e. The molecule has 1 aliphatic rings. The Hall–Kier alpha value is -0.610. The van der Waals surface area contributed by atoms with Crippen LogP contribution < -0.4 is 5.32 Å². The highest BCUT2D eigenvalue weighted by atomic mass is 16.5. The summed E-state index contributed by atoms with van der Waals surface area (Å²) in [6, 6.07) is 0.397. The number of ether oxygens (including phenoxy) is 2. The molecule has 0 bridgehead atoms. The summed E-state index contributed by atoms with van der Waals surface area (Å²) in [4.78, 5) is 10.9. The van der Waals surface area contributed by atoms with Crippen LogP contribution >= 0.6 is 0 Å². The van der Waals surface area contributed by atoms with Crippen molar-refractivity contribution >= 4 is 5.97 Å². The molecule has 1 saturated carbocycles. The Morgan fingerprint density at radius 3 is 2.73 bits per heavy atom. The lowest BCUT2D eigenvalue weighted by molar-refractivity contribution is -0.140. The van der Waals surface area contributed by atoms with Crippen LogP contribution in [0.3, 0.4) is 0 Å². The Balaban J connectivity index is 2.20. The van der Waals surface area contributed by atoms with Gasteiger partial charge in [0.1, 0.15) is 0 Å². The van der Waals surface area contributed by atoms with Crippen molar-refractivity contribution in [3.8, 4) is 0 Å². The molecular weight excluding hydrogens is 194 g/mol. The minimum Gasteiger partial charge on any atom is -0.469 e. The average molecular weight is 215 g/mol. The number of esters is 1. The minimum absolute atomic E-state index is 0.160. The lowest BCUT2D eigenvalue weighted by Gasteiger charge is -2.31. The molecule has 0 aromatic carbocycles. The fourth-order valence-electron chi connectivity index (χ4n) is 2.07. The Morgan fingerprint density at radius 2 is 2.07 bits per heavy atom. The molecule has 0 heterocycles. The van der Waals surface area contributed by atoms with Crippen molar-refractivity contribution in [2.45, 2.75) is 44.2 Å². The molecule has 1 aliphatic carbocycles. The number of hydrogen-bond donors (Lipinski definition) is 1. The predicted octanol–water partition coefficient (Wildman–Crippen LogP) is 1.10. The van der Waals surface area contributed by atoms with Crippen LogP contribution in [0.25, 0.3) is 0 Å². The third-order valence-electron chi connectivity index (χ3n) is 2.97. The second kappa shape index (κ2) is 6.80. The first kappa shape index (κ1) is 12.5. The summed E-state index contributed by atoms with van der Waals surface area (Å²) >= 11 is 0. The number of rotatable bonds is 5. The zero-order chi connectivity index (χ0) is 11.1. The molecular formula is C11H21NO3. The summed E-state index contributed by atoms with van der Waals surface area (Å²) in [5, 5.41) is 3.36. The van der Waals surface area contributed by atoms with Gasteiger partial charge in [-0.05, 0) is 12.8 Å². The second-order valence-electron chi connectivity index (χ2n) is 3.95. The Bertz CT molecular complexity index is 196. The van der Waals surface area contributed by atoms with E-state index in [1.54, 1.807) is 7.11 Å². The maximum absolute atomic E-state index is 10.9. The van der Waals surface area contributed by atoms with Gasteiger partial charge in [0.15, 0.2) is 0 Å². The summed E-state index contributed by atoms with van der Waals surface area (Å²) in [5.74, 6) is -0.160. The monoisotopic (exact) mass is 215 g/mol. The molecule has 0 aliphatic heterocycles. The average Bonchev–Trinajstić information content (AvgIpc) is 2.29. The number of methoxy groups -OCH3 is 2. The summed E-state index contributed by atoms with van der Waals surface area (Å²) in [6.07, 6.45) is 5.48. The van der Waals surface area contributed by atoms with Crippen LogP contribution in [0, 0.1) is 0 Å². The lowest BCUT2D eigenvalue weighted by atomic mass is 9.92. The molecule has 4 nitrogen and oxygen atoms in total. The Morgan fingerprint density at radius 1 is 1.33 bits per heavy atom. The highest BCUT2D eigenvalue weighted by Gasteiger charge is 2.24. The zero-order valence-electron chi connectivity index (χ0n) is 9.62. The minimum atomic E-state index is -0.160. The van der Waals surface area contributed by atoms with E-state index >= 15 is 0 Å². The van der Waals surface area contributed by atoms with Crippen LogP contribution in [0.1, 0.15) is 32.1 Å². The van der Waals surface area contributed by atoms with Crippen molar-refractivity contribution in [1.82, 2.24) is 5.32 Å². The van der Waals surface area contributed by atoms with Crippen LogP contribution in [-0.4, -0.2) is 38.9 Å². The molecule has 0 amide bonds. The molecule has 0 aromatic heterocycles. The standard InChI is InChI=1S/C11H21NO3/c1-14-10-6-4-3-5-9(10)12-8-7-11(13)15-2/h9-10,12H,3-8H2,1-2H3. The van der Waals surface area contributed by atoms with Crippen LogP contribution in [0.15, 0.2) is 0 Å². The van der Waals surface area contributed by atoms with Gasteiger partial charge in [0.05, 0.1) is 19.6 Å². The summed E-state index contributed by atoms with van der Waals surface area (Å²) in [5.41, 5.74) is 0. The molecule has 4 heteroatoms. The van der Waals surface area contributed by atoms with E-state index in [2.05, 4.69) is 10.1 Å². The van der Waals surface area contributed by atoms with Gasteiger partial charge in [-0.15, -0.1) is 0 Å². The van der Waals surface area contributed by atoms with Crippen molar-refractivity contribution in [1.29, 1.82) is 0 Å². The SMILES string of the molecule is COC(=O)CCNC1CCCCC1OC. The molecule has 0 saturated heterocycles. The van der Waals surface area contributed by atoms with Crippen LogP contribution in [0.5, 0.6) is 0 Å². The smallest absolute Gasteiger partial charge is 0.306 e. The van der Waals surface area contributed by atoms with Gasteiger partial charge in [-0.1, -0.05) is 12.8 Å². The van der Waals surface area contributed by atoms with Crippen LogP contribution in [0.4, 0.5) is 0 Å². The number of carbonyl (C=O) groups excluding carboxylic acids is 1. The fourth-order valence-corrected chi connectivity index (χ4v) is 2.07. The molecule has 2 unspecified atom stereocenters. The molecule has 88 valence electrons. The lowest BCUT2D eigenvalue weighted by Crippen LogP contribution is -2.43. The van der Waals surface area contributed by atoms with E-state index < -0.39 is 0 Å². The molecule has 0 aromatic rings. The normalized spacial score (nSPS) is 26.3. The molecule has 1 N–H and O–H groups in total. The number of hydrogen-bond acceptors (Lipinski definition) is 4. The van der Waals surface area contributed by atoms with E-state index in [1.165, 1.54) is 20.0 Å². The zero-order valence-corrected chi connectivity index (χ0v) is 9.62. The van der Waals surface area contributed by atoms with E-state index in [9.17, 15) is 4.79 Å². The van der Waals surface area contributed by atoms with E-state index in [0.29, 0.717) is 25.1 Å². The van der Waals surface area contributed by atoms with E-state index in [4.69, 9.17) is 4.74 Å². The van der Waals surface area contributed by atoms with Crippen LogP contribution in [-0.2, 0) is 14.3 Å². The quantitative estimate of drug-likeness (QED) is 0.698. The summed E-state index contributed by atoms with van der Waals surface area (Å²) in [7, 11) is 3.17. The van der Waals surface area contributed by atoms with Gasteiger partial charge in [-0.25, -0.2) is 0 Å².